The Balaban J connectivity index is 1.82. The number of benzene rings is 2. The highest BCUT2D eigenvalue weighted by molar-refractivity contribution is 7.21. The second kappa shape index (κ2) is 7.11. The number of rotatable bonds is 5. The van der Waals surface area contributed by atoms with Crippen LogP contribution in [0.4, 0.5) is 4.39 Å². The fourth-order valence-electron chi connectivity index (χ4n) is 2.72. The number of methoxy groups -OCH3 is 2. The first-order valence-electron chi connectivity index (χ1n) is 7.72. The van der Waals surface area contributed by atoms with Gasteiger partial charge in [-0.3, -0.25) is 4.79 Å². The average molecular weight is 359 g/mol. The molecule has 6 heteroatoms. The van der Waals surface area contributed by atoms with Gasteiger partial charge in [0, 0.05) is 28.3 Å². The molecule has 0 aliphatic rings. The topological polar surface area (TPSA) is 47.6 Å². The molecule has 3 rings (SSSR count). The number of nitrogens with one attached hydrogen (secondary N) is 1. The zero-order valence-corrected chi connectivity index (χ0v) is 15.0. The van der Waals surface area contributed by atoms with E-state index in [1.807, 2.05) is 18.2 Å². The molecule has 0 saturated heterocycles. The van der Waals surface area contributed by atoms with Gasteiger partial charge in [-0.25, -0.2) is 4.39 Å². The van der Waals surface area contributed by atoms with Crippen LogP contribution in [0.1, 0.15) is 20.8 Å². The van der Waals surface area contributed by atoms with E-state index in [0.717, 1.165) is 10.3 Å². The smallest absolute Gasteiger partial charge is 0.261 e. The molecule has 0 bridgehead atoms. The lowest BCUT2D eigenvalue weighted by Crippen LogP contribution is -2.22. The Hall–Kier alpha value is -2.60. The maximum Gasteiger partial charge on any atom is 0.261 e. The molecule has 0 spiro atoms. The van der Waals surface area contributed by atoms with Crippen molar-refractivity contribution in [3.63, 3.8) is 0 Å². The number of ether oxygens (including phenoxy) is 2. The minimum absolute atomic E-state index is 0.226. The normalized spacial score (nSPS) is 10.7. The lowest BCUT2D eigenvalue weighted by atomic mass is 10.1. The molecule has 3 aromatic rings. The SMILES string of the molecule is COc1ccc(CNC(=O)c2sc3cccc(F)c3c2C)c(OC)c1. The van der Waals surface area contributed by atoms with E-state index in [9.17, 15) is 9.18 Å². The van der Waals surface area contributed by atoms with Crippen molar-refractivity contribution in [2.24, 2.45) is 0 Å². The van der Waals surface area contributed by atoms with Crippen molar-refractivity contribution in [1.29, 1.82) is 0 Å². The Bertz CT molecular complexity index is 936. The lowest BCUT2D eigenvalue weighted by molar-refractivity contribution is 0.0954. The molecule has 1 heterocycles. The van der Waals surface area contributed by atoms with E-state index in [-0.39, 0.29) is 11.7 Å². The number of carbonyl (C=O) groups excluding carboxylic acids is 1. The maximum absolute atomic E-state index is 14.0. The van der Waals surface area contributed by atoms with Crippen LogP contribution < -0.4 is 14.8 Å². The van der Waals surface area contributed by atoms with Gasteiger partial charge in [-0.1, -0.05) is 6.07 Å². The second-order valence-electron chi connectivity index (χ2n) is 5.53. The molecule has 4 nitrogen and oxygen atoms in total. The molecule has 25 heavy (non-hydrogen) atoms. The summed E-state index contributed by atoms with van der Waals surface area (Å²) in [5, 5.41) is 3.39. The highest BCUT2D eigenvalue weighted by Gasteiger charge is 2.18. The van der Waals surface area contributed by atoms with Crippen LogP contribution >= 0.6 is 11.3 Å². The van der Waals surface area contributed by atoms with Crippen LogP contribution in [0.25, 0.3) is 10.1 Å². The van der Waals surface area contributed by atoms with Crippen LogP contribution in [0.15, 0.2) is 36.4 Å². The van der Waals surface area contributed by atoms with Gasteiger partial charge in [-0.15, -0.1) is 11.3 Å². The van der Waals surface area contributed by atoms with Gasteiger partial charge in [-0.05, 0) is 36.8 Å². The van der Waals surface area contributed by atoms with Gasteiger partial charge in [0.1, 0.15) is 17.3 Å². The van der Waals surface area contributed by atoms with E-state index in [2.05, 4.69) is 5.32 Å². The molecule has 1 aromatic heterocycles. The Morgan fingerprint density at radius 3 is 2.68 bits per heavy atom. The predicted molar refractivity (Wildman–Crippen MR) is 97.2 cm³/mol. The minimum Gasteiger partial charge on any atom is -0.497 e. The Morgan fingerprint density at radius 1 is 1.20 bits per heavy atom. The fourth-order valence-corrected chi connectivity index (χ4v) is 3.86. The number of halogens is 1. The van der Waals surface area contributed by atoms with E-state index in [1.165, 1.54) is 17.4 Å². The number of hydrogen-bond acceptors (Lipinski definition) is 4. The van der Waals surface area contributed by atoms with Gasteiger partial charge in [0.15, 0.2) is 0 Å². The predicted octanol–water partition coefficient (Wildman–Crippen LogP) is 4.30. The third-order valence-corrected chi connectivity index (χ3v) is 5.30. The van der Waals surface area contributed by atoms with E-state index in [4.69, 9.17) is 9.47 Å². The number of amides is 1. The van der Waals surface area contributed by atoms with Gasteiger partial charge in [0.05, 0.1) is 19.1 Å². The summed E-state index contributed by atoms with van der Waals surface area (Å²) >= 11 is 1.29. The quantitative estimate of drug-likeness (QED) is 0.739. The lowest BCUT2D eigenvalue weighted by Gasteiger charge is -2.11. The summed E-state index contributed by atoms with van der Waals surface area (Å²) in [5.74, 6) is 0.791. The fraction of sp³-hybridized carbons (Fsp3) is 0.211. The van der Waals surface area contributed by atoms with Crippen molar-refractivity contribution >= 4 is 27.3 Å². The zero-order valence-electron chi connectivity index (χ0n) is 14.2. The first kappa shape index (κ1) is 17.2. The second-order valence-corrected chi connectivity index (χ2v) is 6.58. The Morgan fingerprint density at radius 2 is 2.00 bits per heavy atom. The highest BCUT2D eigenvalue weighted by atomic mass is 32.1. The summed E-state index contributed by atoms with van der Waals surface area (Å²) in [4.78, 5) is 13.1. The molecular weight excluding hydrogens is 341 g/mol. The highest BCUT2D eigenvalue weighted by Crippen LogP contribution is 2.32. The van der Waals surface area contributed by atoms with Crippen molar-refractivity contribution in [1.82, 2.24) is 5.32 Å². The summed E-state index contributed by atoms with van der Waals surface area (Å²) < 4.78 is 25.3. The first-order chi connectivity index (χ1) is 12.0. The molecule has 0 atom stereocenters. The molecule has 1 N–H and O–H groups in total. The Labute approximate surface area is 149 Å². The number of aryl methyl sites for hydroxylation is 1. The van der Waals surface area contributed by atoms with Crippen molar-refractivity contribution in [3.05, 3.63) is 58.2 Å². The molecule has 0 fully saturated rings. The van der Waals surface area contributed by atoms with Crippen molar-refractivity contribution < 1.29 is 18.7 Å². The molecule has 2 aromatic carbocycles. The van der Waals surface area contributed by atoms with Crippen molar-refractivity contribution in [2.45, 2.75) is 13.5 Å². The molecular formula is C19H18FNO3S. The molecule has 130 valence electrons. The third kappa shape index (κ3) is 3.30. The van der Waals surface area contributed by atoms with Gasteiger partial charge in [0.2, 0.25) is 0 Å². The first-order valence-corrected chi connectivity index (χ1v) is 8.53. The largest absolute Gasteiger partial charge is 0.497 e. The van der Waals surface area contributed by atoms with Crippen molar-refractivity contribution in [3.8, 4) is 11.5 Å². The van der Waals surface area contributed by atoms with E-state index < -0.39 is 0 Å². The summed E-state index contributed by atoms with van der Waals surface area (Å²) in [6.07, 6.45) is 0. The van der Waals surface area contributed by atoms with Gasteiger partial charge in [-0.2, -0.15) is 0 Å². The molecule has 1 amide bonds. The molecule has 0 radical (unpaired) electrons. The van der Waals surface area contributed by atoms with Crippen LogP contribution in [-0.4, -0.2) is 20.1 Å². The Kier molecular flexibility index (Phi) is 4.90. The van der Waals surface area contributed by atoms with Crippen LogP contribution in [0.2, 0.25) is 0 Å². The van der Waals surface area contributed by atoms with Gasteiger partial charge < -0.3 is 14.8 Å². The van der Waals surface area contributed by atoms with Gasteiger partial charge >= 0.3 is 0 Å². The van der Waals surface area contributed by atoms with Crippen molar-refractivity contribution in [2.75, 3.05) is 14.2 Å². The summed E-state index contributed by atoms with van der Waals surface area (Å²) in [6, 6.07) is 10.3. The summed E-state index contributed by atoms with van der Waals surface area (Å²) in [7, 11) is 3.15. The number of fused-ring (bicyclic) bond motifs is 1. The zero-order chi connectivity index (χ0) is 18.0. The standard InChI is InChI=1S/C19H18FNO3S/c1-11-17-14(20)5-4-6-16(17)25-18(11)19(22)21-10-12-7-8-13(23-2)9-15(12)24-3/h4-9H,10H2,1-3H3,(H,21,22). The molecule has 0 aliphatic carbocycles. The molecule has 0 aliphatic heterocycles. The summed E-state index contributed by atoms with van der Waals surface area (Å²) in [5.41, 5.74) is 1.50. The summed E-state index contributed by atoms with van der Waals surface area (Å²) in [6.45, 7) is 2.08. The van der Waals surface area contributed by atoms with Crippen LogP contribution in [-0.2, 0) is 6.54 Å². The molecule has 0 saturated carbocycles. The molecule has 0 unspecified atom stereocenters. The van der Waals surface area contributed by atoms with Crippen LogP contribution in [0.5, 0.6) is 11.5 Å². The van der Waals surface area contributed by atoms with Gasteiger partial charge in [0.25, 0.3) is 5.91 Å². The van der Waals surface area contributed by atoms with E-state index in [0.29, 0.717) is 33.9 Å². The number of hydrogen-bond donors (Lipinski definition) is 1. The number of carbonyl (C=O) groups is 1. The maximum atomic E-state index is 14.0. The minimum atomic E-state index is -0.304. The number of thiophene rings is 1. The monoisotopic (exact) mass is 359 g/mol. The third-order valence-electron chi connectivity index (χ3n) is 4.04. The average Bonchev–Trinajstić information content (AvgIpc) is 2.97. The van der Waals surface area contributed by atoms with E-state index in [1.54, 1.807) is 33.3 Å². The van der Waals surface area contributed by atoms with Crippen LogP contribution in [0.3, 0.4) is 0 Å². The van der Waals surface area contributed by atoms with Crippen LogP contribution in [0, 0.1) is 12.7 Å². The van der Waals surface area contributed by atoms with E-state index >= 15 is 0 Å².